The van der Waals surface area contributed by atoms with Gasteiger partial charge in [-0.05, 0) is 49.2 Å². The summed E-state index contributed by atoms with van der Waals surface area (Å²) in [7, 11) is 1.82. The summed E-state index contributed by atoms with van der Waals surface area (Å²) in [4.78, 5) is 27.7. The molecular weight excluding hydrogens is 354 g/mol. The van der Waals surface area contributed by atoms with Gasteiger partial charge in [0.25, 0.3) is 0 Å². The Morgan fingerprint density at radius 2 is 1.79 bits per heavy atom. The van der Waals surface area contributed by atoms with E-state index in [1.807, 2.05) is 66.5 Å². The van der Waals surface area contributed by atoms with Gasteiger partial charge in [-0.15, -0.1) is 0 Å². The van der Waals surface area contributed by atoms with Crippen molar-refractivity contribution in [2.24, 2.45) is 11.7 Å². The molecule has 2 N–H and O–H groups in total. The van der Waals surface area contributed by atoms with E-state index in [1.54, 1.807) is 4.90 Å². The summed E-state index contributed by atoms with van der Waals surface area (Å²) in [5.74, 6) is 1.23. The van der Waals surface area contributed by atoms with Crippen LogP contribution in [0.1, 0.15) is 18.4 Å². The summed E-state index contributed by atoms with van der Waals surface area (Å²) in [6.07, 6.45) is 1.76. The standard InChI is InChI=1S/C22H27N3O3/c1-24(22(27)18-6-5-13-25(15-18)16-21(23)26)14-17-9-11-20(12-10-17)28-19-7-3-2-4-8-19/h2-4,7-12,18H,5-6,13-16H2,1H3,(H2,23,26). The molecule has 0 aromatic heterocycles. The number of hydrogen-bond acceptors (Lipinski definition) is 4. The van der Waals surface area contributed by atoms with Crippen molar-refractivity contribution in [3.05, 3.63) is 60.2 Å². The molecule has 2 amide bonds. The number of likely N-dealkylation sites (tertiary alicyclic amines) is 1. The van der Waals surface area contributed by atoms with Crippen LogP contribution in [0, 0.1) is 5.92 Å². The van der Waals surface area contributed by atoms with Crippen molar-refractivity contribution < 1.29 is 14.3 Å². The van der Waals surface area contributed by atoms with Crippen LogP contribution in [0.2, 0.25) is 0 Å². The molecule has 148 valence electrons. The van der Waals surface area contributed by atoms with E-state index >= 15 is 0 Å². The molecule has 1 atom stereocenters. The third kappa shape index (κ3) is 5.57. The Morgan fingerprint density at radius 3 is 2.46 bits per heavy atom. The molecule has 1 heterocycles. The molecule has 2 aromatic rings. The Morgan fingerprint density at radius 1 is 1.11 bits per heavy atom. The molecule has 1 fully saturated rings. The highest BCUT2D eigenvalue weighted by Gasteiger charge is 2.28. The minimum Gasteiger partial charge on any atom is -0.457 e. The number of piperidine rings is 1. The topological polar surface area (TPSA) is 75.9 Å². The van der Waals surface area contributed by atoms with Crippen LogP contribution in [-0.4, -0.2) is 48.3 Å². The molecule has 0 bridgehead atoms. The average molecular weight is 381 g/mol. The normalized spacial score (nSPS) is 17.1. The van der Waals surface area contributed by atoms with Crippen LogP contribution >= 0.6 is 0 Å². The molecular formula is C22H27N3O3. The van der Waals surface area contributed by atoms with Crippen LogP contribution in [-0.2, 0) is 16.1 Å². The van der Waals surface area contributed by atoms with Crippen molar-refractivity contribution in [1.82, 2.24) is 9.80 Å². The Bertz CT molecular complexity index is 792. The lowest BCUT2D eigenvalue weighted by atomic mass is 9.96. The van der Waals surface area contributed by atoms with Crippen molar-refractivity contribution in [1.29, 1.82) is 0 Å². The summed E-state index contributed by atoms with van der Waals surface area (Å²) < 4.78 is 5.80. The Balaban J connectivity index is 1.54. The van der Waals surface area contributed by atoms with Gasteiger partial charge in [-0.2, -0.15) is 0 Å². The number of carbonyl (C=O) groups is 2. The predicted molar refractivity (Wildman–Crippen MR) is 108 cm³/mol. The third-order valence-electron chi connectivity index (χ3n) is 4.93. The highest BCUT2D eigenvalue weighted by atomic mass is 16.5. The maximum atomic E-state index is 12.8. The minimum absolute atomic E-state index is 0.0845. The van der Waals surface area contributed by atoms with Gasteiger partial charge in [0.15, 0.2) is 0 Å². The average Bonchev–Trinajstić information content (AvgIpc) is 2.69. The largest absolute Gasteiger partial charge is 0.457 e. The zero-order valence-corrected chi connectivity index (χ0v) is 16.2. The van der Waals surface area contributed by atoms with Crippen LogP contribution in [0.4, 0.5) is 0 Å². The fourth-order valence-electron chi connectivity index (χ4n) is 3.57. The van der Waals surface area contributed by atoms with E-state index in [9.17, 15) is 9.59 Å². The van der Waals surface area contributed by atoms with Gasteiger partial charge in [0.05, 0.1) is 12.5 Å². The number of para-hydroxylation sites is 1. The van der Waals surface area contributed by atoms with Crippen molar-refractivity contribution in [3.8, 4) is 11.5 Å². The first-order chi connectivity index (χ1) is 13.5. The van der Waals surface area contributed by atoms with Gasteiger partial charge in [0.1, 0.15) is 11.5 Å². The van der Waals surface area contributed by atoms with E-state index in [1.165, 1.54) is 0 Å². The number of nitrogens with two attached hydrogens (primary N) is 1. The van der Waals surface area contributed by atoms with Crippen molar-refractivity contribution in [2.45, 2.75) is 19.4 Å². The second-order valence-corrected chi connectivity index (χ2v) is 7.29. The Labute approximate surface area is 165 Å². The fraction of sp³-hybridized carbons (Fsp3) is 0.364. The van der Waals surface area contributed by atoms with Crippen LogP contribution in [0.15, 0.2) is 54.6 Å². The van der Waals surface area contributed by atoms with Crippen LogP contribution in [0.3, 0.4) is 0 Å². The maximum absolute atomic E-state index is 12.8. The zero-order valence-electron chi connectivity index (χ0n) is 16.2. The Hall–Kier alpha value is -2.86. The van der Waals surface area contributed by atoms with Crippen LogP contribution in [0.5, 0.6) is 11.5 Å². The monoisotopic (exact) mass is 381 g/mol. The summed E-state index contributed by atoms with van der Waals surface area (Å²) in [6, 6.07) is 17.4. The van der Waals surface area contributed by atoms with Gasteiger partial charge >= 0.3 is 0 Å². The van der Waals surface area contributed by atoms with Gasteiger partial charge < -0.3 is 15.4 Å². The summed E-state index contributed by atoms with van der Waals surface area (Å²) in [6.45, 7) is 2.17. The highest BCUT2D eigenvalue weighted by Crippen LogP contribution is 2.22. The zero-order chi connectivity index (χ0) is 19.9. The molecule has 6 heteroatoms. The van der Waals surface area contributed by atoms with E-state index < -0.39 is 0 Å². The molecule has 0 aliphatic carbocycles. The van der Waals surface area contributed by atoms with E-state index in [0.29, 0.717) is 13.1 Å². The SMILES string of the molecule is CN(Cc1ccc(Oc2ccccc2)cc1)C(=O)C1CCCN(CC(N)=O)C1. The number of amides is 2. The lowest BCUT2D eigenvalue weighted by Crippen LogP contribution is -2.46. The number of hydrogen-bond donors (Lipinski definition) is 1. The number of carbonyl (C=O) groups excluding carboxylic acids is 2. The van der Waals surface area contributed by atoms with Gasteiger partial charge in [-0.25, -0.2) is 0 Å². The first-order valence-corrected chi connectivity index (χ1v) is 9.59. The van der Waals surface area contributed by atoms with Crippen LogP contribution in [0.25, 0.3) is 0 Å². The molecule has 3 rings (SSSR count). The van der Waals surface area contributed by atoms with Gasteiger partial charge in [0.2, 0.25) is 11.8 Å². The van der Waals surface area contributed by atoms with Crippen molar-refractivity contribution in [2.75, 3.05) is 26.7 Å². The molecule has 1 aliphatic rings. The first kappa shape index (κ1) is 19.9. The maximum Gasteiger partial charge on any atom is 0.231 e. The number of benzene rings is 2. The molecule has 1 aliphatic heterocycles. The summed E-state index contributed by atoms with van der Waals surface area (Å²) >= 11 is 0. The Kier molecular flexibility index (Phi) is 6.66. The number of nitrogens with zero attached hydrogens (tertiary/aromatic N) is 2. The molecule has 1 saturated heterocycles. The van der Waals surface area contributed by atoms with E-state index in [4.69, 9.17) is 10.5 Å². The van der Waals surface area contributed by atoms with Crippen molar-refractivity contribution >= 4 is 11.8 Å². The molecule has 28 heavy (non-hydrogen) atoms. The minimum atomic E-state index is -0.348. The van der Waals surface area contributed by atoms with Crippen LogP contribution < -0.4 is 10.5 Å². The predicted octanol–water partition coefficient (Wildman–Crippen LogP) is 2.63. The number of ether oxygens (including phenoxy) is 1. The van der Waals surface area contributed by atoms with E-state index in [0.717, 1.165) is 36.4 Å². The lowest BCUT2D eigenvalue weighted by molar-refractivity contribution is -0.137. The smallest absolute Gasteiger partial charge is 0.231 e. The molecule has 2 aromatic carbocycles. The third-order valence-corrected chi connectivity index (χ3v) is 4.93. The molecule has 0 saturated carbocycles. The molecule has 0 spiro atoms. The van der Waals surface area contributed by atoms with Gasteiger partial charge in [-0.3, -0.25) is 14.5 Å². The van der Waals surface area contributed by atoms with Gasteiger partial charge in [0, 0.05) is 20.1 Å². The lowest BCUT2D eigenvalue weighted by Gasteiger charge is -2.33. The molecule has 0 radical (unpaired) electrons. The fourth-order valence-corrected chi connectivity index (χ4v) is 3.57. The van der Waals surface area contributed by atoms with Crippen molar-refractivity contribution in [3.63, 3.8) is 0 Å². The molecule has 6 nitrogen and oxygen atoms in total. The second-order valence-electron chi connectivity index (χ2n) is 7.29. The first-order valence-electron chi connectivity index (χ1n) is 9.59. The quantitative estimate of drug-likeness (QED) is 0.800. The second kappa shape index (κ2) is 9.37. The van der Waals surface area contributed by atoms with E-state index in [2.05, 4.69) is 0 Å². The summed E-state index contributed by atoms with van der Waals surface area (Å²) in [5, 5.41) is 0. The highest BCUT2D eigenvalue weighted by molar-refractivity contribution is 5.79. The van der Waals surface area contributed by atoms with E-state index in [-0.39, 0.29) is 24.3 Å². The summed E-state index contributed by atoms with van der Waals surface area (Å²) in [5.41, 5.74) is 6.32. The number of rotatable bonds is 7. The molecule has 1 unspecified atom stereocenters. The number of primary amides is 1. The van der Waals surface area contributed by atoms with Gasteiger partial charge in [-0.1, -0.05) is 30.3 Å².